The second-order valence-corrected chi connectivity index (χ2v) is 4.96. The smallest absolute Gasteiger partial charge is 0.333 e. The molecule has 0 saturated heterocycles. The van der Waals surface area contributed by atoms with Gasteiger partial charge >= 0.3 is 5.97 Å². The van der Waals surface area contributed by atoms with Crippen LogP contribution in [0, 0.1) is 5.82 Å². The molecule has 0 atom stereocenters. The fourth-order valence-corrected chi connectivity index (χ4v) is 2.45. The van der Waals surface area contributed by atoms with Crippen LogP contribution in [0.2, 0.25) is 5.02 Å². The van der Waals surface area contributed by atoms with Gasteiger partial charge in [-0.2, -0.15) is 0 Å². The topological polar surface area (TPSA) is 38.3 Å². The number of carbonyl (C=O) groups is 1. The minimum atomic E-state index is -0.415. The van der Waals surface area contributed by atoms with Crippen LogP contribution in [-0.2, 0) is 9.53 Å². The maximum Gasteiger partial charge on any atom is 0.333 e. The maximum absolute atomic E-state index is 13.0. The number of benzene rings is 1. The number of hydrogen-bond acceptors (Lipinski definition) is 3. The summed E-state index contributed by atoms with van der Waals surface area (Å²) in [5.74, 6) is -0.768. The number of nitrogens with one attached hydrogen (secondary N) is 1. The van der Waals surface area contributed by atoms with Crippen LogP contribution in [0.1, 0.15) is 13.3 Å². The van der Waals surface area contributed by atoms with E-state index in [9.17, 15) is 9.18 Å². The molecule has 0 saturated carbocycles. The summed E-state index contributed by atoms with van der Waals surface area (Å²) in [4.78, 5) is 11.4. The van der Waals surface area contributed by atoms with Gasteiger partial charge in [-0.25, -0.2) is 9.18 Å². The van der Waals surface area contributed by atoms with Gasteiger partial charge in [-0.3, -0.25) is 0 Å². The average Bonchev–Trinajstić information content (AvgIpc) is 2.36. The van der Waals surface area contributed by atoms with Gasteiger partial charge in [-0.15, -0.1) is 0 Å². The highest BCUT2D eigenvalue weighted by atomic mass is 79.9. The Labute approximate surface area is 124 Å². The molecule has 0 aromatic heterocycles. The van der Waals surface area contributed by atoms with Crippen molar-refractivity contribution in [2.75, 3.05) is 19.0 Å². The standard InChI is InChI=1S/C13H14BrClFNO2/c1-3-8(13(18)19-2)4-5-17-12-10(14)6-9(16)7-11(12)15/h4,6-7,17H,3,5H2,1-2H3. The van der Waals surface area contributed by atoms with E-state index in [-0.39, 0.29) is 11.0 Å². The first kappa shape index (κ1) is 16.0. The number of carbonyl (C=O) groups excluding carboxylic acids is 1. The average molecular weight is 351 g/mol. The summed E-state index contributed by atoms with van der Waals surface area (Å²) in [7, 11) is 1.34. The molecular formula is C13H14BrClFNO2. The fraction of sp³-hybridized carbons (Fsp3) is 0.308. The molecule has 3 nitrogen and oxygen atoms in total. The van der Waals surface area contributed by atoms with E-state index in [1.54, 1.807) is 6.08 Å². The molecule has 1 aromatic carbocycles. The Balaban J connectivity index is 2.77. The molecule has 0 fully saturated rings. The Morgan fingerprint density at radius 2 is 2.26 bits per heavy atom. The number of anilines is 1. The molecule has 0 radical (unpaired) electrons. The quantitative estimate of drug-likeness (QED) is 0.640. The highest BCUT2D eigenvalue weighted by Gasteiger charge is 2.09. The third-order valence-electron chi connectivity index (χ3n) is 2.46. The zero-order valence-corrected chi connectivity index (χ0v) is 12.9. The van der Waals surface area contributed by atoms with Gasteiger partial charge in [0.05, 0.1) is 17.8 Å². The molecule has 0 spiro atoms. The molecule has 0 heterocycles. The Morgan fingerprint density at radius 1 is 1.58 bits per heavy atom. The minimum Gasteiger partial charge on any atom is -0.466 e. The third kappa shape index (κ3) is 4.51. The lowest BCUT2D eigenvalue weighted by Crippen LogP contribution is -2.07. The molecule has 1 aromatic rings. The van der Waals surface area contributed by atoms with Gasteiger partial charge in [0.2, 0.25) is 0 Å². The molecule has 1 N–H and O–H groups in total. The van der Waals surface area contributed by atoms with E-state index in [0.29, 0.717) is 28.7 Å². The summed E-state index contributed by atoms with van der Waals surface area (Å²) < 4.78 is 18.2. The summed E-state index contributed by atoms with van der Waals surface area (Å²) >= 11 is 9.15. The minimum absolute atomic E-state index is 0.274. The lowest BCUT2D eigenvalue weighted by Gasteiger charge is -2.09. The molecule has 0 aliphatic heterocycles. The maximum atomic E-state index is 13.0. The van der Waals surface area contributed by atoms with Gasteiger partial charge in [0.25, 0.3) is 0 Å². The zero-order chi connectivity index (χ0) is 14.4. The highest BCUT2D eigenvalue weighted by Crippen LogP contribution is 2.31. The number of hydrogen-bond donors (Lipinski definition) is 1. The third-order valence-corrected chi connectivity index (χ3v) is 3.39. The second kappa shape index (κ2) is 7.50. The molecular weight excluding hydrogens is 337 g/mol. The lowest BCUT2D eigenvalue weighted by molar-refractivity contribution is -0.136. The molecule has 0 aliphatic rings. The molecule has 19 heavy (non-hydrogen) atoms. The van der Waals surface area contributed by atoms with Gasteiger partial charge in [0.1, 0.15) is 5.82 Å². The number of methoxy groups -OCH3 is 1. The predicted molar refractivity (Wildman–Crippen MR) is 78.0 cm³/mol. The highest BCUT2D eigenvalue weighted by molar-refractivity contribution is 9.10. The monoisotopic (exact) mass is 349 g/mol. The summed E-state index contributed by atoms with van der Waals surface area (Å²) in [5, 5.41) is 3.30. The van der Waals surface area contributed by atoms with Crippen molar-refractivity contribution in [3.05, 3.63) is 39.1 Å². The van der Waals surface area contributed by atoms with Gasteiger partial charge < -0.3 is 10.1 Å². The van der Waals surface area contributed by atoms with E-state index < -0.39 is 5.82 Å². The van der Waals surface area contributed by atoms with Gasteiger partial charge in [0, 0.05) is 16.6 Å². The van der Waals surface area contributed by atoms with E-state index in [1.807, 2.05) is 6.92 Å². The van der Waals surface area contributed by atoms with E-state index in [4.69, 9.17) is 11.6 Å². The molecule has 0 bridgehead atoms. The SMILES string of the molecule is CCC(=CCNc1c(Cl)cc(F)cc1Br)C(=O)OC. The second-order valence-electron chi connectivity index (χ2n) is 3.70. The van der Waals surface area contributed by atoms with Crippen LogP contribution >= 0.6 is 27.5 Å². The predicted octanol–water partition coefficient (Wildman–Crippen LogP) is 4.16. The van der Waals surface area contributed by atoms with Gasteiger partial charge in [-0.05, 0) is 34.5 Å². The van der Waals surface area contributed by atoms with Gasteiger partial charge in [0.15, 0.2) is 0 Å². The van der Waals surface area contributed by atoms with Crippen molar-refractivity contribution in [1.82, 2.24) is 0 Å². The summed E-state index contributed by atoms with van der Waals surface area (Å²) in [6.07, 6.45) is 2.30. The van der Waals surface area contributed by atoms with Crippen LogP contribution in [-0.4, -0.2) is 19.6 Å². The Bertz CT molecular complexity index is 482. The van der Waals surface area contributed by atoms with E-state index >= 15 is 0 Å². The van der Waals surface area contributed by atoms with E-state index in [1.165, 1.54) is 19.2 Å². The summed E-state index contributed by atoms with van der Waals surface area (Å²) in [5.41, 5.74) is 1.16. The first-order chi connectivity index (χ1) is 8.99. The van der Waals surface area contributed by atoms with Crippen LogP contribution in [0.3, 0.4) is 0 Å². The van der Waals surface area contributed by atoms with Crippen LogP contribution in [0.25, 0.3) is 0 Å². The number of ether oxygens (including phenoxy) is 1. The largest absolute Gasteiger partial charge is 0.466 e. The summed E-state index contributed by atoms with van der Waals surface area (Å²) in [6, 6.07) is 2.54. The Hall–Kier alpha value is -1.07. The molecule has 0 aliphatic carbocycles. The molecule has 0 unspecified atom stereocenters. The van der Waals surface area contributed by atoms with Crippen LogP contribution in [0.15, 0.2) is 28.3 Å². The molecule has 104 valence electrons. The number of halogens is 3. The van der Waals surface area contributed by atoms with Crippen molar-refractivity contribution < 1.29 is 13.9 Å². The van der Waals surface area contributed by atoms with Crippen molar-refractivity contribution in [2.24, 2.45) is 0 Å². The first-order valence-corrected chi connectivity index (χ1v) is 6.82. The van der Waals surface area contributed by atoms with Crippen LogP contribution in [0.5, 0.6) is 0 Å². The van der Waals surface area contributed by atoms with E-state index in [2.05, 4.69) is 26.0 Å². The zero-order valence-electron chi connectivity index (χ0n) is 10.6. The lowest BCUT2D eigenvalue weighted by atomic mass is 10.2. The molecule has 6 heteroatoms. The number of esters is 1. The van der Waals surface area contributed by atoms with Crippen molar-refractivity contribution >= 4 is 39.2 Å². The Morgan fingerprint density at radius 3 is 2.79 bits per heavy atom. The molecule has 0 amide bonds. The van der Waals surface area contributed by atoms with E-state index in [0.717, 1.165) is 0 Å². The Kier molecular flexibility index (Phi) is 6.31. The fourth-order valence-electron chi connectivity index (χ4n) is 1.49. The number of rotatable bonds is 5. The van der Waals surface area contributed by atoms with Crippen molar-refractivity contribution in [1.29, 1.82) is 0 Å². The van der Waals surface area contributed by atoms with Gasteiger partial charge in [-0.1, -0.05) is 24.6 Å². The normalized spacial score (nSPS) is 11.3. The van der Waals surface area contributed by atoms with Crippen molar-refractivity contribution in [3.8, 4) is 0 Å². The van der Waals surface area contributed by atoms with Crippen LogP contribution < -0.4 is 5.32 Å². The first-order valence-electron chi connectivity index (χ1n) is 5.65. The summed E-state index contributed by atoms with van der Waals surface area (Å²) in [6.45, 7) is 2.26. The molecule has 1 rings (SSSR count). The van der Waals surface area contributed by atoms with Crippen molar-refractivity contribution in [3.63, 3.8) is 0 Å². The van der Waals surface area contributed by atoms with Crippen LogP contribution in [0.4, 0.5) is 10.1 Å². The van der Waals surface area contributed by atoms with Crippen molar-refractivity contribution in [2.45, 2.75) is 13.3 Å².